The van der Waals surface area contributed by atoms with Gasteiger partial charge in [-0.2, -0.15) is 0 Å². The van der Waals surface area contributed by atoms with Crippen molar-refractivity contribution in [3.05, 3.63) is 101 Å². The van der Waals surface area contributed by atoms with Gasteiger partial charge in [0.25, 0.3) is 0 Å². The van der Waals surface area contributed by atoms with E-state index in [-0.39, 0.29) is 35.5 Å². The van der Waals surface area contributed by atoms with Gasteiger partial charge in [0, 0.05) is 17.5 Å². The summed E-state index contributed by atoms with van der Waals surface area (Å²) < 4.78 is -0.777. The molecule has 6 rings (SSSR count). The summed E-state index contributed by atoms with van der Waals surface area (Å²) in [6.45, 7) is 6.12. The van der Waals surface area contributed by atoms with Crippen LogP contribution < -0.4 is 10.6 Å². The number of nitrogens with one attached hydrogen (secondary N) is 2. The van der Waals surface area contributed by atoms with Crippen LogP contribution in [-0.4, -0.2) is 56.4 Å². The van der Waals surface area contributed by atoms with E-state index in [0.717, 1.165) is 34.4 Å². The number of fused-ring (bicyclic) bond motifs is 1. The van der Waals surface area contributed by atoms with Gasteiger partial charge < -0.3 is 20.6 Å². The highest BCUT2D eigenvalue weighted by Gasteiger charge is 2.76. The van der Waals surface area contributed by atoms with Crippen molar-refractivity contribution in [3.8, 4) is 0 Å². The molecule has 3 amide bonds. The summed E-state index contributed by atoms with van der Waals surface area (Å²) in [5.74, 6) is -1.78. The van der Waals surface area contributed by atoms with Crippen molar-refractivity contribution in [3.63, 3.8) is 0 Å². The Hall–Kier alpha value is -3.62. The predicted molar refractivity (Wildman–Crippen MR) is 169 cm³/mol. The summed E-state index contributed by atoms with van der Waals surface area (Å²) >= 11 is 1.65. The molecule has 7 atom stereocenters. The molecule has 8 heteroatoms. The Balaban J connectivity index is 1.38. The number of thioether (sulfide) groups is 1. The lowest BCUT2D eigenvalue weighted by molar-refractivity contribution is -0.142. The third-order valence-electron chi connectivity index (χ3n) is 9.69. The first-order valence-electron chi connectivity index (χ1n) is 15.1. The highest BCUT2D eigenvalue weighted by molar-refractivity contribution is 8.02. The van der Waals surface area contributed by atoms with Crippen molar-refractivity contribution in [2.45, 2.75) is 62.2 Å². The number of carbonyl (C=O) groups excluding carboxylic acids is 3. The topological polar surface area (TPSA) is 98.7 Å². The summed E-state index contributed by atoms with van der Waals surface area (Å²) in [5, 5.41) is 16.9. The van der Waals surface area contributed by atoms with Crippen LogP contribution in [0.4, 0.5) is 5.69 Å². The molecule has 3 heterocycles. The van der Waals surface area contributed by atoms with Crippen molar-refractivity contribution in [2.75, 3.05) is 11.9 Å². The molecular weight excluding hydrogens is 558 g/mol. The van der Waals surface area contributed by atoms with Gasteiger partial charge in [0.05, 0.1) is 29.2 Å². The zero-order chi connectivity index (χ0) is 30.3. The maximum atomic E-state index is 14.6. The van der Waals surface area contributed by atoms with Gasteiger partial charge in [-0.1, -0.05) is 85.8 Å². The van der Waals surface area contributed by atoms with E-state index < -0.39 is 28.7 Å². The van der Waals surface area contributed by atoms with Crippen LogP contribution in [0.3, 0.4) is 0 Å². The molecule has 7 nitrogen and oxygen atoms in total. The maximum Gasteiger partial charge on any atom is 0.248 e. The number of para-hydroxylation sites is 1. The number of aliphatic hydroxyl groups is 1. The van der Waals surface area contributed by atoms with E-state index in [1.165, 1.54) is 0 Å². The second kappa shape index (κ2) is 11.8. The highest BCUT2D eigenvalue weighted by atomic mass is 32.2. The normalized spacial score (nSPS) is 28.0. The lowest BCUT2D eigenvalue weighted by Crippen LogP contribution is -2.57. The van der Waals surface area contributed by atoms with Crippen LogP contribution in [0.1, 0.15) is 35.6 Å². The van der Waals surface area contributed by atoms with Crippen LogP contribution in [0.2, 0.25) is 0 Å². The van der Waals surface area contributed by atoms with Crippen molar-refractivity contribution in [1.29, 1.82) is 0 Å². The molecule has 3 aliphatic heterocycles. The van der Waals surface area contributed by atoms with Crippen molar-refractivity contribution >= 4 is 35.2 Å². The van der Waals surface area contributed by atoms with Gasteiger partial charge in [-0.25, -0.2) is 0 Å². The van der Waals surface area contributed by atoms with Crippen LogP contribution in [0, 0.1) is 31.6 Å². The first-order valence-corrected chi connectivity index (χ1v) is 16.0. The lowest BCUT2D eigenvalue weighted by Gasteiger charge is -2.40. The predicted octanol–water partition coefficient (Wildman–Crippen LogP) is 4.50. The van der Waals surface area contributed by atoms with Gasteiger partial charge in [-0.15, -0.1) is 11.8 Å². The highest BCUT2D eigenvalue weighted by Crippen LogP contribution is 2.68. The SMILES string of the molecule is Cc1cccc(C)c1NC(=O)C1N([C@@H](CO)Cc2ccccc2)C(=O)[C@@H]2[C@H](C(=O)NCc3ccccc3)[C@@H]3CC(C)C12S3. The van der Waals surface area contributed by atoms with Crippen molar-refractivity contribution in [1.82, 2.24) is 10.2 Å². The molecule has 1 spiro atoms. The number of hydrogen-bond donors (Lipinski definition) is 3. The van der Waals surface area contributed by atoms with Crippen LogP contribution >= 0.6 is 11.8 Å². The molecule has 3 aromatic rings. The summed E-state index contributed by atoms with van der Waals surface area (Å²) in [4.78, 5) is 44.6. The molecule has 3 unspecified atom stereocenters. The molecule has 0 aromatic heterocycles. The minimum absolute atomic E-state index is 0.0319. The lowest BCUT2D eigenvalue weighted by atomic mass is 9.66. The monoisotopic (exact) mass is 597 g/mol. The fourth-order valence-electron chi connectivity index (χ4n) is 7.70. The molecule has 0 saturated carbocycles. The number of nitrogens with zero attached hydrogens (tertiary/aromatic N) is 1. The van der Waals surface area contributed by atoms with Gasteiger partial charge >= 0.3 is 0 Å². The zero-order valence-corrected chi connectivity index (χ0v) is 25.6. The number of anilines is 1. The molecule has 0 aliphatic carbocycles. The number of carbonyl (C=O) groups is 3. The molecule has 3 aliphatic rings. The van der Waals surface area contributed by atoms with E-state index in [0.29, 0.717) is 13.0 Å². The number of aryl methyl sites for hydroxylation is 2. The Morgan fingerprint density at radius 2 is 1.58 bits per heavy atom. The number of hydrogen-bond acceptors (Lipinski definition) is 5. The fourth-order valence-corrected chi connectivity index (χ4v) is 10.1. The molecule has 0 radical (unpaired) electrons. The Kier molecular flexibility index (Phi) is 8.09. The number of amides is 3. The molecule has 3 fully saturated rings. The Bertz CT molecular complexity index is 1500. The summed E-state index contributed by atoms with van der Waals surface area (Å²) in [5.41, 5.74) is 4.58. The van der Waals surface area contributed by atoms with E-state index in [2.05, 4.69) is 17.6 Å². The van der Waals surface area contributed by atoms with E-state index in [1.807, 2.05) is 92.7 Å². The van der Waals surface area contributed by atoms with E-state index in [1.54, 1.807) is 16.7 Å². The first kappa shape index (κ1) is 29.5. The third-order valence-corrected chi connectivity index (χ3v) is 11.8. The first-order chi connectivity index (χ1) is 20.8. The van der Waals surface area contributed by atoms with Gasteiger partial charge in [-0.3, -0.25) is 14.4 Å². The Morgan fingerprint density at radius 3 is 2.21 bits per heavy atom. The van der Waals surface area contributed by atoms with Crippen molar-refractivity contribution < 1.29 is 19.5 Å². The zero-order valence-electron chi connectivity index (χ0n) is 24.8. The minimum Gasteiger partial charge on any atom is -0.394 e. The largest absolute Gasteiger partial charge is 0.394 e. The standard InChI is InChI=1S/C35H39N3O4S/c1-21-11-10-12-22(2)30(21)37-33(41)31-35-23(3)17-27(43-35)28(32(40)36-19-25-15-8-5-9-16-25)29(35)34(42)38(31)26(20-39)18-24-13-6-4-7-14-24/h4-16,23,26-29,31,39H,17-20H2,1-3H3,(H,36,40)(H,37,41)/t23?,26-,27+,28-,29+,31?,35?/m1/s1. The second-order valence-corrected chi connectivity index (χ2v) is 13.8. The number of likely N-dealkylation sites (tertiary alicyclic amines) is 1. The summed E-state index contributed by atoms with van der Waals surface area (Å²) in [7, 11) is 0. The Morgan fingerprint density at radius 1 is 0.953 bits per heavy atom. The molecule has 43 heavy (non-hydrogen) atoms. The average molecular weight is 598 g/mol. The van der Waals surface area contributed by atoms with Crippen LogP contribution in [-0.2, 0) is 27.3 Å². The summed E-state index contributed by atoms with van der Waals surface area (Å²) in [6, 6.07) is 23.9. The van der Waals surface area contributed by atoms with Gasteiger partial charge in [-0.05, 0) is 54.9 Å². The second-order valence-electron chi connectivity index (χ2n) is 12.3. The number of aliphatic hydroxyl groups excluding tert-OH is 1. The van der Waals surface area contributed by atoms with Gasteiger partial charge in [0.1, 0.15) is 6.04 Å². The maximum absolute atomic E-state index is 14.6. The average Bonchev–Trinajstić information content (AvgIpc) is 3.61. The molecule has 224 valence electrons. The van der Waals surface area contributed by atoms with Crippen LogP contribution in [0.15, 0.2) is 78.9 Å². The van der Waals surface area contributed by atoms with Gasteiger partial charge in [0.15, 0.2) is 0 Å². The van der Waals surface area contributed by atoms with Crippen LogP contribution in [0.25, 0.3) is 0 Å². The molecular formula is C35H39N3O4S. The Labute approximate surface area is 257 Å². The van der Waals surface area contributed by atoms with Crippen molar-refractivity contribution in [2.24, 2.45) is 17.8 Å². The van der Waals surface area contributed by atoms with Gasteiger partial charge in [0.2, 0.25) is 17.7 Å². The number of benzene rings is 3. The minimum atomic E-state index is -0.832. The smallest absolute Gasteiger partial charge is 0.248 e. The fraction of sp³-hybridized carbons (Fsp3) is 0.400. The van der Waals surface area contributed by atoms with E-state index in [4.69, 9.17) is 0 Å². The molecule has 3 saturated heterocycles. The molecule has 3 aromatic carbocycles. The number of rotatable bonds is 9. The summed E-state index contributed by atoms with van der Waals surface area (Å²) in [6.07, 6.45) is 1.16. The molecule has 3 N–H and O–H groups in total. The molecule has 2 bridgehead atoms. The van der Waals surface area contributed by atoms with Crippen LogP contribution in [0.5, 0.6) is 0 Å². The quantitative estimate of drug-likeness (QED) is 0.338. The third kappa shape index (κ3) is 5.04. The van der Waals surface area contributed by atoms with E-state index >= 15 is 0 Å². The van der Waals surface area contributed by atoms with E-state index in [9.17, 15) is 19.5 Å².